The molecule has 0 aromatic rings. The van der Waals surface area contributed by atoms with E-state index < -0.39 is 5.97 Å². The van der Waals surface area contributed by atoms with Crippen molar-refractivity contribution in [1.82, 2.24) is 0 Å². The Morgan fingerprint density at radius 2 is 2.22 bits per heavy atom. The van der Waals surface area contributed by atoms with E-state index in [1.807, 2.05) is 6.92 Å². The van der Waals surface area contributed by atoms with Crippen LogP contribution in [0, 0.1) is 0 Å². The first-order valence-electron chi connectivity index (χ1n) is 2.43. The smallest absolute Gasteiger partial charge is 0.344 e. The van der Waals surface area contributed by atoms with Gasteiger partial charge in [-0.25, -0.2) is 4.79 Å². The molecular weight excluding hydrogens is 140 g/mol. The molecule has 0 amide bonds. The molecule has 0 aliphatic heterocycles. The van der Waals surface area contributed by atoms with Gasteiger partial charge in [0.2, 0.25) is 0 Å². The Balaban J connectivity index is 3.57. The third-order valence-electron chi connectivity index (χ3n) is 0.612. The normalized spacial score (nSPS) is 10.9. The van der Waals surface area contributed by atoms with Gasteiger partial charge in [-0.2, -0.15) is 0 Å². The summed E-state index contributed by atoms with van der Waals surface area (Å²) in [5, 5.41) is 0. The molecule has 2 nitrogen and oxygen atoms in total. The maximum atomic E-state index is 10.2. The Kier molecular flexibility index (Phi) is 4.92. The lowest BCUT2D eigenvalue weighted by atomic mass is 10.4. The van der Waals surface area contributed by atoms with Gasteiger partial charge >= 0.3 is 5.97 Å². The molecule has 0 fully saturated rings. The third kappa shape index (κ3) is 5.11. The van der Waals surface area contributed by atoms with Crippen LogP contribution >= 0.6 is 11.9 Å². The summed E-state index contributed by atoms with van der Waals surface area (Å²) in [6.45, 7) is 1.84. The number of hydrogen-bond donors (Lipinski definition) is 0. The number of carbonyl (C=O) groups excluding carboxylic acids is 1. The van der Waals surface area contributed by atoms with Crippen LogP contribution in [0.5, 0.6) is 0 Å². The van der Waals surface area contributed by atoms with E-state index in [4.69, 9.17) is 11.9 Å². The summed E-state index contributed by atoms with van der Waals surface area (Å²) in [6, 6.07) is 0. The van der Waals surface area contributed by atoms with Crippen molar-refractivity contribution in [2.75, 3.05) is 0 Å². The molecule has 9 heavy (non-hydrogen) atoms. The van der Waals surface area contributed by atoms with E-state index in [0.717, 1.165) is 0 Å². The fourth-order valence-electron chi connectivity index (χ4n) is 0.271. The van der Waals surface area contributed by atoms with E-state index in [0.29, 0.717) is 0 Å². The molecule has 0 aromatic carbocycles. The summed E-state index contributed by atoms with van der Waals surface area (Å²) in [6.07, 6.45) is 6.27. The molecule has 0 saturated heterocycles. The van der Waals surface area contributed by atoms with E-state index in [9.17, 15) is 4.79 Å². The highest BCUT2D eigenvalue weighted by Gasteiger charge is 1.88. The highest BCUT2D eigenvalue weighted by atomic mass is 35.5. The van der Waals surface area contributed by atoms with Gasteiger partial charge in [-0.15, -0.1) is 0 Å². The average Bonchev–Trinajstić information content (AvgIpc) is 1.89. The van der Waals surface area contributed by atoms with Gasteiger partial charge in [-0.3, -0.25) is 0 Å². The number of halogens is 1. The summed E-state index contributed by atoms with van der Waals surface area (Å²) in [7, 11) is 0. The summed E-state index contributed by atoms with van der Waals surface area (Å²) in [5.74, 6) is -0.560. The molecular formula is C6H7ClO2. The molecule has 0 N–H and O–H groups in total. The van der Waals surface area contributed by atoms with E-state index >= 15 is 0 Å². The molecule has 0 bridgehead atoms. The Bertz CT molecular complexity index is 138. The van der Waals surface area contributed by atoms with Crippen LogP contribution in [0.2, 0.25) is 0 Å². The minimum absolute atomic E-state index is 0.560. The number of hydrogen-bond acceptors (Lipinski definition) is 2. The second kappa shape index (κ2) is 5.38. The van der Waals surface area contributed by atoms with Crippen LogP contribution in [0.25, 0.3) is 0 Å². The lowest BCUT2D eigenvalue weighted by molar-refractivity contribution is -0.128. The van der Waals surface area contributed by atoms with Gasteiger partial charge in [0.05, 0.1) is 0 Å². The van der Waals surface area contributed by atoms with Crippen molar-refractivity contribution in [1.29, 1.82) is 0 Å². The van der Waals surface area contributed by atoms with Gasteiger partial charge in [0.15, 0.2) is 0 Å². The lowest BCUT2D eigenvalue weighted by Gasteiger charge is -1.80. The van der Waals surface area contributed by atoms with Crippen LogP contribution in [0.1, 0.15) is 6.92 Å². The molecule has 0 saturated carbocycles. The SMILES string of the molecule is C/C=C/C=C/C(=O)OCl. The molecule has 0 aliphatic carbocycles. The standard InChI is InChI=1S/C6H7ClO2/c1-2-3-4-5-6(8)9-7/h2-5H,1H3/b3-2+,5-4+. The van der Waals surface area contributed by atoms with Crippen molar-refractivity contribution in [3.8, 4) is 0 Å². The molecule has 0 heterocycles. The fraction of sp³-hybridized carbons (Fsp3) is 0.167. The predicted molar refractivity (Wildman–Crippen MR) is 35.9 cm³/mol. The summed E-state index contributed by atoms with van der Waals surface area (Å²) >= 11 is 4.71. The largest absolute Gasteiger partial charge is 0.349 e. The molecule has 0 radical (unpaired) electrons. The van der Waals surface area contributed by atoms with Gasteiger partial charge in [-0.05, 0) is 6.92 Å². The van der Waals surface area contributed by atoms with E-state index in [2.05, 4.69) is 4.29 Å². The number of carbonyl (C=O) groups is 1. The van der Waals surface area contributed by atoms with Crippen LogP contribution in [0.15, 0.2) is 24.3 Å². The van der Waals surface area contributed by atoms with E-state index in [-0.39, 0.29) is 0 Å². The third-order valence-corrected chi connectivity index (χ3v) is 0.764. The topological polar surface area (TPSA) is 26.3 Å². The Morgan fingerprint density at radius 1 is 1.56 bits per heavy atom. The minimum Gasteiger partial charge on any atom is -0.344 e. The number of allylic oxidation sites excluding steroid dienone is 3. The fourth-order valence-corrected chi connectivity index (χ4v) is 0.322. The zero-order valence-electron chi connectivity index (χ0n) is 5.00. The van der Waals surface area contributed by atoms with Crippen molar-refractivity contribution < 1.29 is 9.08 Å². The van der Waals surface area contributed by atoms with Crippen molar-refractivity contribution >= 4 is 17.8 Å². The summed E-state index contributed by atoms with van der Waals surface area (Å²) in [4.78, 5) is 10.2. The molecule has 3 heteroatoms. The van der Waals surface area contributed by atoms with E-state index in [1.54, 1.807) is 18.2 Å². The van der Waals surface area contributed by atoms with Crippen LogP contribution in [0.3, 0.4) is 0 Å². The van der Waals surface area contributed by atoms with Crippen molar-refractivity contribution in [2.45, 2.75) is 6.92 Å². The van der Waals surface area contributed by atoms with E-state index in [1.165, 1.54) is 6.08 Å². The van der Waals surface area contributed by atoms with Gasteiger partial charge < -0.3 is 4.29 Å². The first-order valence-corrected chi connectivity index (χ1v) is 2.74. The average molecular weight is 147 g/mol. The van der Waals surface area contributed by atoms with Crippen LogP contribution in [-0.2, 0) is 9.08 Å². The monoisotopic (exact) mass is 146 g/mol. The van der Waals surface area contributed by atoms with Crippen molar-refractivity contribution in [3.63, 3.8) is 0 Å². The summed E-state index contributed by atoms with van der Waals surface area (Å²) < 4.78 is 3.81. The predicted octanol–water partition coefficient (Wildman–Crippen LogP) is 1.82. The number of rotatable bonds is 2. The molecule has 0 aliphatic rings. The second-order valence-electron chi connectivity index (χ2n) is 1.28. The maximum Gasteiger partial charge on any atom is 0.349 e. The van der Waals surface area contributed by atoms with Gasteiger partial charge in [-0.1, -0.05) is 18.2 Å². The molecule has 50 valence electrons. The molecule has 0 unspecified atom stereocenters. The van der Waals surface area contributed by atoms with Crippen LogP contribution < -0.4 is 0 Å². The highest BCUT2D eigenvalue weighted by Crippen LogP contribution is 1.84. The first-order chi connectivity index (χ1) is 4.31. The lowest BCUT2D eigenvalue weighted by Crippen LogP contribution is -1.87. The zero-order chi connectivity index (χ0) is 7.11. The van der Waals surface area contributed by atoms with Crippen molar-refractivity contribution in [2.24, 2.45) is 0 Å². The van der Waals surface area contributed by atoms with Crippen molar-refractivity contribution in [3.05, 3.63) is 24.3 Å². The Hall–Kier alpha value is -0.760. The van der Waals surface area contributed by atoms with Gasteiger partial charge in [0.1, 0.15) is 11.9 Å². The van der Waals surface area contributed by atoms with Gasteiger partial charge in [0.25, 0.3) is 0 Å². The molecule has 0 atom stereocenters. The van der Waals surface area contributed by atoms with Gasteiger partial charge in [0, 0.05) is 6.08 Å². The molecule has 0 spiro atoms. The quantitative estimate of drug-likeness (QED) is 0.439. The van der Waals surface area contributed by atoms with Crippen LogP contribution in [-0.4, -0.2) is 5.97 Å². The summed E-state index contributed by atoms with van der Waals surface area (Å²) in [5.41, 5.74) is 0. The Labute approximate surface area is 58.9 Å². The minimum atomic E-state index is -0.560. The first kappa shape index (κ1) is 8.24. The zero-order valence-corrected chi connectivity index (χ0v) is 5.76. The molecule has 0 rings (SSSR count). The highest BCUT2D eigenvalue weighted by molar-refractivity contribution is 6.14. The molecule has 0 aromatic heterocycles. The second-order valence-corrected chi connectivity index (χ2v) is 1.44. The Morgan fingerprint density at radius 3 is 2.67 bits per heavy atom. The van der Waals surface area contributed by atoms with Crippen LogP contribution in [0.4, 0.5) is 0 Å². The maximum absolute atomic E-state index is 10.2.